The maximum atomic E-state index is 11.5. The van der Waals surface area contributed by atoms with Crippen LogP contribution in [0.25, 0.3) is 0 Å². The second kappa shape index (κ2) is 23.7. The van der Waals surface area contributed by atoms with E-state index in [0.29, 0.717) is 18.9 Å². The van der Waals surface area contributed by atoms with Crippen molar-refractivity contribution in [3.8, 4) is 0 Å². The fourth-order valence-electron chi connectivity index (χ4n) is 3.86. The van der Waals surface area contributed by atoms with Gasteiger partial charge in [0.05, 0.1) is 6.61 Å². The van der Waals surface area contributed by atoms with Crippen LogP contribution in [0.2, 0.25) is 0 Å². The van der Waals surface area contributed by atoms with Crippen molar-refractivity contribution in [2.24, 2.45) is 5.92 Å². The van der Waals surface area contributed by atoms with Gasteiger partial charge < -0.3 is 4.74 Å². The fraction of sp³-hybridized carbons (Fsp3) is 0.963. The Morgan fingerprint density at radius 1 is 0.552 bits per heavy atom. The van der Waals surface area contributed by atoms with Gasteiger partial charge in [0.2, 0.25) is 0 Å². The normalized spacial score (nSPS) is 11.3. The van der Waals surface area contributed by atoms with Crippen molar-refractivity contribution in [2.75, 3.05) is 6.61 Å². The molecule has 0 saturated heterocycles. The Hall–Kier alpha value is -0.530. The molecule has 0 fully saturated rings. The van der Waals surface area contributed by atoms with Crippen LogP contribution >= 0.6 is 0 Å². The van der Waals surface area contributed by atoms with E-state index in [-0.39, 0.29) is 5.97 Å². The average molecular weight is 411 g/mol. The lowest BCUT2D eigenvalue weighted by Crippen LogP contribution is -2.09. The lowest BCUT2D eigenvalue weighted by Gasteiger charge is -2.07. The largest absolute Gasteiger partial charge is 0.465 e. The molecule has 174 valence electrons. The van der Waals surface area contributed by atoms with Crippen LogP contribution in [-0.4, -0.2) is 12.6 Å². The molecule has 0 amide bonds. The minimum absolute atomic E-state index is 0.0129. The van der Waals surface area contributed by atoms with Gasteiger partial charge in [0, 0.05) is 6.42 Å². The summed E-state index contributed by atoms with van der Waals surface area (Å²) < 4.78 is 5.21. The Morgan fingerprint density at radius 2 is 0.862 bits per heavy atom. The van der Waals surface area contributed by atoms with Crippen molar-refractivity contribution in [1.29, 1.82) is 0 Å². The first-order valence-corrected chi connectivity index (χ1v) is 13.3. The molecule has 0 unspecified atom stereocenters. The van der Waals surface area contributed by atoms with E-state index in [9.17, 15) is 4.79 Å². The Balaban J connectivity index is 3.07. The van der Waals surface area contributed by atoms with Crippen LogP contribution in [-0.2, 0) is 9.53 Å². The highest BCUT2D eigenvalue weighted by atomic mass is 16.5. The number of rotatable bonds is 23. The molecule has 0 aromatic carbocycles. The molecular formula is C27H54O2. The number of ether oxygens (including phenoxy) is 1. The topological polar surface area (TPSA) is 26.3 Å². The van der Waals surface area contributed by atoms with Crippen molar-refractivity contribution in [3.05, 3.63) is 0 Å². The van der Waals surface area contributed by atoms with Crippen molar-refractivity contribution < 1.29 is 9.53 Å². The summed E-state index contributed by atoms with van der Waals surface area (Å²) >= 11 is 0. The minimum Gasteiger partial charge on any atom is -0.465 e. The minimum atomic E-state index is -0.0129. The molecule has 0 aromatic heterocycles. The maximum Gasteiger partial charge on any atom is 0.305 e. The lowest BCUT2D eigenvalue weighted by molar-refractivity contribution is -0.144. The number of esters is 1. The zero-order chi connectivity index (χ0) is 21.4. The van der Waals surface area contributed by atoms with Gasteiger partial charge in [0.15, 0.2) is 0 Å². The van der Waals surface area contributed by atoms with E-state index in [0.717, 1.165) is 6.42 Å². The molecule has 2 heteroatoms. The highest BCUT2D eigenvalue weighted by Gasteiger charge is 2.03. The summed E-state index contributed by atoms with van der Waals surface area (Å²) in [4.78, 5) is 11.5. The first-order chi connectivity index (χ1) is 14.2. The molecule has 0 atom stereocenters. The summed E-state index contributed by atoms with van der Waals surface area (Å²) in [7, 11) is 0. The van der Waals surface area contributed by atoms with Crippen LogP contribution in [0.15, 0.2) is 0 Å². The smallest absolute Gasteiger partial charge is 0.305 e. The van der Waals surface area contributed by atoms with E-state index < -0.39 is 0 Å². The third-order valence-electron chi connectivity index (χ3n) is 5.81. The summed E-state index contributed by atoms with van der Waals surface area (Å²) in [6.45, 7) is 7.01. The van der Waals surface area contributed by atoms with Crippen molar-refractivity contribution in [2.45, 2.75) is 156 Å². The van der Waals surface area contributed by atoms with Crippen LogP contribution in [0.1, 0.15) is 156 Å². The van der Waals surface area contributed by atoms with Gasteiger partial charge in [-0.05, 0) is 12.3 Å². The van der Waals surface area contributed by atoms with Gasteiger partial charge in [0.1, 0.15) is 0 Å². The van der Waals surface area contributed by atoms with E-state index in [2.05, 4.69) is 20.8 Å². The molecular weight excluding hydrogens is 356 g/mol. The van der Waals surface area contributed by atoms with Gasteiger partial charge in [-0.1, -0.05) is 143 Å². The highest BCUT2D eigenvalue weighted by molar-refractivity contribution is 5.69. The molecule has 0 spiro atoms. The quantitative estimate of drug-likeness (QED) is 0.124. The fourth-order valence-corrected chi connectivity index (χ4v) is 3.86. The molecule has 0 bridgehead atoms. The zero-order valence-electron chi connectivity index (χ0n) is 20.5. The van der Waals surface area contributed by atoms with Crippen LogP contribution in [0.3, 0.4) is 0 Å². The van der Waals surface area contributed by atoms with Gasteiger partial charge in [-0.2, -0.15) is 0 Å². The zero-order valence-corrected chi connectivity index (χ0v) is 20.5. The molecule has 0 rings (SSSR count). The molecule has 0 aliphatic carbocycles. The molecule has 29 heavy (non-hydrogen) atoms. The molecule has 0 N–H and O–H groups in total. The van der Waals surface area contributed by atoms with Crippen molar-refractivity contribution in [1.82, 2.24) is 0 Å². The SMILES string of the molecule is CCCCCCCCCCCCCCCCCCCCCCC(=O)OCC(C)C. The number of hydrogen-bond acceptors (Lipinski definition) is 2. The van der Waals surface area contributed by atoms with E-state index in [1.807, 2.05) is 0 Å². The third-order valence-corrected chi connectivity index (χ3v) is 5.81. The standard InChI is InChI=1S/C27H54O2/c1-4-5-6-7-8-9-10-11-12-13-14-15-16-17-18-19-20-21-22-23-24-27(28)29-25-26(2)3/h26H,4-25H2,1-3H3. The number of hydrogen-bond donors (Lipinski definition) is 0. The van der Waals surface area contributed by atoms with Crippen LogP contribution in [0.5, 0.6) is 0 Å². The molecule has 0 saturated carbocycles. The van der Waals surface area contributed by atoms with Crippen LogP contribution < -0.4 is 0 Å². The second-order valence-electron chi connectivity index (χ2n) is 9.54. The average Bonchev–Trinajstić information content (AvgIpc) is 2.70. The predicted molar refractivity (Wildman–Crippen MR) is 128 cm³/mol. The first kappa shape index (κ1) is 28.5. The molecule has 0 radical (unpaired) electrons. The highest BCUT2D eigenvalue weighted by Crippen LogP contribution is 2.15. The Kier molecular flexibility index (Phi) is 23.3. The molecule has 0 aliphatic rings. The Morgan fingerprint density at radius 3 is 1.17 bits per heavy atom. The summed E-state index contributed by atoms with van der Waals surface area (Å²) in [5, 5.41) is 0. The van der Waals surface area contributed by atoms with Gasteiger partial charge in [0.25, 0.3) is 0 Å². The van der Waals surface area contributed by atoms with Gasteiger partial charge in [-0.15, -0.1) is 0 Å². The summed E-state index contributed by atoms with van der Waals surface area (Å²) in [6.07, 6.45) is 28.3. The summed E-state index contributed by atoms with van der Waals surface area (Å²) in [6, 6.07) is 0. The van der Waals surface area contributed by atoms with Gasteiger partial charge >= 0.3 is 5.97 Å². The van der Waals surface area contributed by atoms with Crippen LogP contribution in [0.4, 0.5) is 0 Å². The first-order valence-electron chi connectivity index (χ1n) is 13.3. The number of carbonyl (C=O) groups is 1. The van der Waals surface area contributed by atoms with E-state index in [1.165, 1.54) is 122 Å². The van der Waals surface area contributed by atoms with E-state index >= 15 is 0 Å². The molecule has 0 heterocycles. The van der Waals surface area contributed by atoms with E-state index in [4.69, 9.17) is 4.74 Å². The molecule has 0 aromatic rings. The van der Waals surface area contributed by atoms with Crippen molar-refractivity contribution in [3.63, 3.8) is 0 Å². The monoisotopic (exact) mass is 410 g/mol. The van der Waals surface area contributed by atoms with Gasteiger partial charge in [-0.25, -0.2) is 0 Å². The number of carbonyl (C=O) groups excluding carboxylic acids is 1. The lowest BCUT2D eigenvalue weighted by atomic mass is 10.0. The number of unbranched alkanes of at least 4 members (excludes halogenated alkanes) is 19. The second-order valence-corrected chi connectivity index (χ2v) is 9.54. The van der Waals surface area contributed by atoms with Crippen LogP contribution in [0, 0.1) is 5.92 Å². The van der Waals surface area contributed by atoms with Crippen molar-refractivity contribution >= 4 is 5.97 Å². The van der Waals surface area contributed by atoms with Gasteiger partial charge in [-0.3, -0.25) is 4.79 Å². The summed E-state index contributed by atoms with van der Waals surface area (Å²) in [5.74, 6) is 0.426. The third kappa shape index (κ3) is 25.4. The molecule has 2 nitrogen and oxygen atoms in total. The predicted octanol–water partition coefficient (Wildman–Crippen LogP) is 9.40. The maximum absolute atomic E-state index is 11.5. The molecule has 0 aliphatic heterocycles. The Labute approximate surface area is 184 Å². The summed E-state index contributed by atoms with van der Waals surface area (Å²) in [5.41, 5.74) is 0. The Bertz CT molecular complexity index is 324. The van der Waals surface area contributed by atoms with E-state index in [1.54, 1.807) is 0 Å².